The standard InChI is InChI=1S/C16H15ClN4O4S/c1-10-7-16(20-25-10)19-12-4-6-15(18-9-12)21-26(22,23)14-8-11(17)3-5-13(14)24-2/h3-9H,1-2H3,(H,18,21)(H,19,20). The second-order valence-electron chi connectivity index (χ2n) is 5.28. The number of nitrogens with one attached hydrogen (secondary N) is 2. The first kappa shape index (κ1) is 18.0. The van der Waals surface area contributed by atoms with Crippen LogP contribution in [0.5, 0.6) is 5.75 Å². The molecule has 0 spiro atoms. The second-order valence-corrected chi connectivity index (χ2v) is 7.37. The molecule has 2 N–H and O–H groups in total. The van der Waals surface area contributed by atoms with Gasteiger partial charge in [-0.25, -0.2) is 13.4 Å². The van der Waals surface area contributed by atoms with Gasteiger partial charge in [0, 0.05) is 11.1 Å². The van der Waals surface area contributed by atoms with Crippen molar-refractivity contribution in [2.24, 2.45) is 0 Å². The highest BCUT2D eigenvalue weighted by Crippen LogP contribution is 2.28. The van der Waals surface area contributed by atoms with Gasteiger partial charge in [0.2, 0.25) is 0 Å². The topological polar surface area (TPSA) is 106 Å². The quantitative estimate of drug-likeness (QED) is 0.657. The zero-order valence-electron chi connectivity index (χ0n) is 13.9. The van der Waals surface area contributed by atoms with E-state index in [9.17, 15) is 8.42 Å². The maximum absolute atomic E-state index is 12.6. The monoisotopic (exact) mass is 394 g/mol. The maximum atomic E-state index is 12.6. The number of pyridine rings is 1. The van der Waals surface area contributed by atoms with Gasteiger partial charge < -0.3 is 14.6 Å². The Kier molecular flexibility index (Phi) is 5.01. The highest BCUT2D eigenvalue weighted by Gasteiger charge is 2.20. The number of rotatable bonds is 6. The van der Waals surface area contributed by atoms with Gasteiger partial charge in [-0.2, -0.15) is 0 Å². The van der Waals surface area contributed by atoms with Crippen molar-refractivity contribution in [3.8, 4) is 5.75 Å². The maximum Gasteiger partial charge on any atom is 0.266 e. The molecule has 0 aliphatic rings. The van der Waals surface area contributed by atoms with E-state index in [1.54, 1.807) is 25.1 Å². The zero-order valence-corrected chi connectivity index (χ0v) is 15.4. The second kappa shape index (κ2) is 7.22. The van der Waals surface area contributed by atoms with E-state index in [-0.39, 0.29) is 21.5 Å². The van der Waals surface area contributed by atoms with Crippen molar-refractivity contribution in [2.45, 2.75) is 11.8 Å². The van der Waals surface area contributed by atoms with Crippen LogP contribution in [-0.2, 0) is 10.0 Å². The average Bonchev–Trinajstić information content (AvgIpc) is 3.01. The molecule has 0 bridgehead atoms. The molecule has 0 atom stereocenters. The molecule has 26 heavy (non-hydrogen) atoms. The normalized spacial score (nSPS) is 11.2. The molecule has 0 aliphatic heterocycles. The van der Waals surface area contributed by atoms with Crippen LogP contribution in [0.4, 0.5) is 17.3 Å². The Balaban J connectivity index is 1.79. The molecule has 2 heterocycles. The van der Waals surface area contributed by atoms with E-state index in [0.717, 1.165) is 0 Å². The van der Waals surface area contributed by atoms with E-state index < -0.39 is 10.0 Å². The van der Waals surface area contributed by atoms with Crippen LogP contribution in [-0.4, -0.2) is 25.7 Å². The van der Waals surface area contributed by atoms with Gasteiger partial charge >= 0.3 is 0 Å². The summed E-state index contributed by atoms with van der Waals surface area (Å²) >= 11 is 5.90. The van der Waals surface area contributed by atoms with E-state index >= 15 is 0 Å². The molecule has 2 aromatic heterocycles. The molecule has 0 unspecified atom stereocenters. The minimum absolute atomic E-state index is 0.0745. The van der Waals surface area contributed by atoms with Crippen molar-refractivity contribution < 1.29 is 17.7 Å². The molecule has 1 aromatic carbocycles. The Labute approximate surface area is 155 Å². The number of hydrogen-bond donors (Lipinski definition) is 2. The number of nitrogens with zero attached hydrogens (tertiary/aromatic N) is 2. The minimum atomic E-state index is -3.92. The molecule has 0 saturated heterocycles. The summed E-state index contributed by atoms with van der Waals surface area (Å²) in [4.78, 5) is 4.01. The fraction of sp³-hybridized carbons (Fsp3) is 0.125. The van der Waals surface area contributed by atoms with Crippen molar-refractivity contribution in [1.29, 1.82) is 0 Å². The van der Waals surface area contributed by atoms with E-state index in [0.29, 0.717) is 17.3 Å². The van der Waals surface area contributed by atoms with Crippen molar-refractivity contribution in [3.05, 3.63) is 53.4 Å². The van der Waals surface area contributed by atoms with Crippen LogP contribution in [0.15, 0.2) is 52.0 Å². The van der Waals surface area contributed by atoms with E-state index in [2.05, 4.69) is 20.2 Å². The predicted octanol–water partition coefficient (Wildman–Crippen LogP) is 3.58. The lowest BCUT2D eigenvalue weighted by Crippen LogP contribution is -2.15. The molecule has 3 rings (SSSR count). The van der Waals surface area contributed by atoms with Gasteiger partial charge in [-0.15, -0.1) is 0 Å². The van der Waals surface area contributed by atoms with Gasteiger partial charge in [0.25, 0.3) is 10.0 Å². The van der Waals surface area contributed by atoms with Crippen molar-refractivity contribution in [3.63, 3.8) is 0 Å². The van der Waals surface area contributed by atoms with Gasteiger partial charge in [0.05, 0.1) is 19.0 Å². The fourth-order valence-electron chi connectivity index (χ4n) is 2.15. The summed E-state index contributed by atoms with van der Waals surface area (Å²) < 4.78 is 37.6. The van der Waals surface area contributed by atoms with Crippen molar-refractivity contribution in [1.82, 2.24) is 10.1 Å². The van der Waals surface area contributed by atoms with Gasteiger partial charge in [-0.3, -0.25) is 4.72 Å². The number of ether oxygens (including phenoxy) is 1. The zero-order chi connectivity index (χ0) is 18.7. The van der Waals surface area contributed by atoms with Crippen molar-refractivity contribution in [2.75, 3.05) is 17.1 Å². The minimum Gasteiger partial charge on any atom is -0.495 e. The number of hydrogen-bond acceptors (Lipinski definition) is 7. The first-order valence-electron chi connectivity index (χ1n) is 7.40. The van der Waals surface area contributed by atoms with Crippen molar-refractivity contribution >= 4 is 38.9 Å². The highest BCUT2D eigenvalue weighted by atomic mass is 35.5. The van der Waals surface area contributed by atoms with Crippen LogP contribution in [0.2, 0.25) is 5.02 Å². The molecule has 0 saturated carbocycles. The SMILES string of the molecule is COc1ccc(Cl)cc1S(=O)(=O)Nc1ccc(Nc2cc(C)on2)cn1. The Morgan fingerprint density at radius 2 is 1.96 bits per heavy atom. The largest absolute Gasteiger partial charge is 0.495 e. The first-order valence-corrected chi connectivity index (χ1v) is 9.26. The molecule has 3 aromatic rings. The molecule has 0 radical (unpaired) electrons. The van der Waals surface area contributed by atoms with Crippen LogP contribution in [0.1, 0.15) is 5.76 Å². The molecule has 0 fully saturated rings. The number of aryl methyl sites for hydroxylation is 1. The lowest BCUT2D eigenvalue weighted by atomic mass is 10.3. The predicted molar refractivity (Wildman–Crippen MR) is 97.6 cm³/mol. The Hall–Kier alpha value is -2.78. The summed E-state index contributed by atoms with van der Waals surface area (Å²) in [5, 5.41) is 7.08. The fourth-order valence-corrected chi connectivity index (χ4v) is 3.60. The molecule has 8 nitrogen and oxygen atoms in total. The Morgan fingerprint density at radius 1 is 1.15 bits per heavy atom. The number of benzene rings is 1. The summed E-state index contributed by atoms with van der Waals surface area (Å²) in [5.74, 6) is 1.53. The van der Waals surface area contributed by atoms with Crippen LogP contribution in [0.3, 0.4) is 0 Å². The molecular weight excluding hydrogens is 380 g/mol. The number of anilines is 3. The first-order chi connectivity index (χ1) is 12.4. The number of aromatic nitrogens is 2. The van der Waals surface area contributed by atoms with Crippen LogP contribution >= 0.6 is 11.6 Å². The number of methoxy groups -OCH3 is 1. The van der Waals surface area contributed by atoms with Crippen LogP contribution in [0, 0.1) is 6.92 Å². The third kappa shape index (κ3) is 4.06. The molecule has 0 amide bonds. The van der Waals surface area contributed by atoms with Gasteiger partial charge in [-0.05, 0) is 37.3 Å². The summed E-state index contributed by atoms with van der Waals surface area (Å²) in [6.07, 6.45) is 1.47. The number of halogens is 1. The lowest BCUT2D eigenvalue weighted by Gasteiger charge is -2.11. The molecule has 136 valence electrons. The van der Waals surface area contributed by atoms with E-state index in [1.807, 2.05) is 0 Å². The molecule has 0 aliphatic carbocycles. The Morgan fingerprint density at radius 3 is 2.58 bits per heavy atom. The third-order valence-electron chi connectivity index (χ3n) is 3.32. The molecule has 10 heteroatoms. The smallest absolute Gasteiger partial charge is 0.266 e. The third-order valence-corrected chi connectivity index (χ3v) is 4.93. The summed E-state index contributed by atoms with van der Waals surface area (Å²) in [5.41, 5.74) is 0.626. The molecular formula is C16H15ClN4O4S. The van der Waals surface area contributed by atoms with Gasteiger partial charge in [0.1, 0.15) is 22.2 Å². The van der Waals surface area contributed by atoms with Gasteiger partial charge in [-0.1, -0.05) is 16.8 Å². The van der Waals surface area contributed by atoms with Crippen LogP contribution in [0.25, 0.3) is 0 Å². The van der Waals surface area contributed by atoms with E-state index in [1.165, 1.54) is 31.5 Å². The highest BCUT2D eigenvalue weighted by molar-refractivity contribution is 7.92. The number of sulfonamides is 1. The lowest BCUT2D eigenvalue weighted by molar-refractivity contribution is 0.400. The summed E-state index contributed by atoms with van der Waals surface area (Å²) in [6, 6.07) is 9.24. The summed E-state index contributed by atoms with van der Waals surface area (Å²) in [7, 11) is -2.54. The van der Waals surface area contributed by atoms with Crippen LogP contribution < -0.4 is 14.8 Å². The Bertz CT molecular complexity index is 1020. The summed E-state index contributed by atoms with van der Waals surface area (Å²) in [6.45, 7) is 1.78. The van der Waals surface area contributed by atoms with Gasteiger partial charge in [0.15, 0.2) is 5.82 Å². The van der Waals surface area contributed by atoms with E-state index in [4.69, 9.17) is 20.9 Å². The average molecular weight is 395 g/mol.